The van der Waals surface area contributed by atoms with E-state index >= 15 is 0 Å². The van der Waals surface area contributed by atoms with Crippen molar-refractivity contribution in [1.82, 2.24) is 9.55 Å². The molecular formula is C30H37N3OS. The Bertz CT molecular complexity index is 1180. The van der Waals surface area contributed by atoms with E-state index in [1.165, 1.54) is 24.0 Å². The second-order valence-corrected chi connectivity index (χ2v) is 10.5. The lowest BCUT2D eigenvalue weighted by molar-refractivity contribution is -0.111. The number of hydrogen-bond acceptors (Lipinski definition) is 3. The minimum absolute atomic E-state index is 0.154. The summed E-state index contributed by atoms with van der Waals surface area (Å²) in [6.07, 6.45) is 20.3. The van der Waals surface area contributed by atoms with Crippen molar-refractivity contribution >= 4 is 24.2 Å². The quantitative estimate of drug-likeness (QED) is 0.229. The number of rotatable bonds is 8. The molecule has 1 aromatic heterocycles. The summed E-state index contributed by atoms with van der Waals surface area (Å²) in [7, 11) is 0. The number of nitrogens with zero attached hydrogens (tertiary/aromatic N) is 2. The van der Waals surface area contributed by atoms with Crippen molar-refractivity contribution in [2.75, 3.05) is 5.32 Å². The predicted molar refractivity (Wildman–Crippen MR) is 150 cm³/mol. The van der Waals surface area contributed by atoms with Crippen LogP contribution in [-0.4, -0.2) is 15.5 Å². The summed E-state index contributed by atoms with van der Waals surface area (Å²) < 4.78 is 2.18. The first-order valence-electron chi connectivity index (χ1n) is 12.1. The van der Waals surface area contributed by atoms with Crippen LogP contribution in [0.2, 0.25) is 0 Å². The topological polar surface area (TPSA) is 46.9 Å². The molecule has 1 aliphatic rings. The third kappa shape index (κ3) is 8.00. The van der Waals surface area contributed by atoms with E-state index in [0.717, 1.165) is 28.3 Å². The van der Waals surface area contributed by atoms with E-state index in [0.29, 0.717) is 5.92 Å². The number of aromatic nitrogens is 2. The molecule has 0 bridgehead atoms. The predicted octanol–water partition coefficient (Wildman–Crippen LogP) is 7.57. The maximum absolute atomic E-state index is 12.2. The van der Waals surface area contributed by atoms with Gasteiger partial charge in [-0.05, 0) is 74.3 Å². The van der Waals surface area contributed by atoms with Gasteiger partial charge < -0.3 is 9.88 Å². The zero-order valence-electron chi connectivity index (χ0n) is 21.5. The fraction of sp³-hybridized carbons (Fsp3) is 0.333. The van der Waals surface area contributed by atoms with Crippen LogP contribution >= 0.6 is 12.6 Å². The van der Waals surface area contributed by atoms with Gasteiger partial charge in [0.25, 0.3) is 0 Å². The zero-order valence-corrected chi connectivity index (χ0v) is 22.3. The van der Waals surface area contributed by atoms with Crippen LogP contribution in [-0.2, 0) is 11.3 Å². The van der Waals surface area contributed by atoms with Crippen molar-refractivity contribution < 1.29 is 4.79 Å². The molecule has 2 aromatic rings. The Kier molecular flexibility index (Phi) is 9.16. The van der Waals surface area contributed by atoms with Crippen molar-refractivity contribution in [3.63, 3.8) is 0 Å². The van der Waals surface area contributed by atoms with Crippen LogP contribution < -0.4 is 5.32 Å². The van der Waals surface area contributed by atoms with Crippen LogP contribution in [0.3, 0.4) is 0 Å². The van der Waals surface area contributed by atoms with E-state index < -0.39 is 0 Å². The van der Waals surface area contributed by atoms with Crippen LogP contribution in [0, 0.1) is 11.3 Å². The van der Waals surface area contributed by atoms with Gasteiger partial charge in [-0.25, -0.2) is 4.98 Å². The maximum Gasteiger partial charge on any atom is 0.248 e. The molecule has 35 heavy (non-hydrogen) atoms. The van der Waals surface area contributed by atoms with Crippen LogP contribution in [0.4, 0.5) is 5.69 Å². The van der Waals surface area contributed by atoms with Crippen molar-refractivity contribution in [2.45, 2.75) is 58.9 Å². The first-order valence-corrected chi connectivity index (χ1v) is 12.6. The molecule has 0 fully saturated rings. The molecule has 3 rings (SSSR count). The molecule has 0 saturated carbocycles. The summed E-state index contributed by atoms with van der Waals surface area (Å²) in [5, 5.41) is 2.86. The molecule has 1 aromatic carbocycles. The Balaban J connectivity index is 1.64. The third-order valence-electron chi connectivity index (χ3n) is 6.58. The van der Waals surface area contributed by atoms with E-state index in [-0.39, 0.29) is 11.3 Å². The number of carbonyl (C=O) groups excluding carboxylic acids is 1. The molecule has 5 heteroatoms. The Labute approximate surface area is 215 Å². The van der Waals surface area contributed by atoms with Crippen molar-refractivity contribution in [2.24, 2.45) is 11.3 Å². The molecule has 1 unspecified atom stereocenters. The van der Waals surface area contributed by atoms with Crippen LogP contribution in [0.25, 0.3) is 0 Å². The molecule has 184 valence electrons. The van der Waals surface area contributed by atoms with Gasteiger partial charge in [-0.15, -0.1) is 12.6 Å². The molecular weight excluding hydrogens is 450 g/mol. The number of allylic oxidation sites excluding steroid dienone is 9. The first kappa shape index (κ1) is 26.6. The average molecular weight is 488 g/mol. The number of benzene rings is 1. The minimum atomic E-state index is -0.154. The normalized spacial score (nSPS) is 19.1. The van der Waals surface area contributed by atoms with E-state index in [9.17, 15) is 4.79 Å². The lowest BCUT2D eigenvalue weighted by Crippen LogP contribution is -2.26. The monoisotopic (exact) mass is 487 g/mol. The van der Waals surface area contributed by atoms with Gasteiger partial charge in [-0.1, -0.05) is 61.4 Å². The SMILES string of the molecule is CC1=C(/C=C/C(C)=C/C=C/C(C)=C/C(=O)Nc2cccc(S)c2)C(C)(C)CCC1Cn1ccnc1. The second kappa shape index (κ2) is 12.1. The number of anilines is 1. The molecule has 0 aliphatic heterocycles. The molecule has 1 atom stereocenters. The third-order valence-corrected chi connectivity index (χ3v) is 6.86. The van der Waals surface area contributed by atoms with E-state index in [4.69, 9.17) is 0 Å². The Morgan fingerprint density at radius 2 is 2.06 bits per heavy atom. The van der Waals surface area contributed by atoms with E-state index in [2.05, 4.69) is 73.4 Å². The molecule has 0 radical (unpaired) electrons. The molecule has 0 spiro atoms. The van der Waals surface area contributed by atoms with Gasteiger partial charge in [-0.3, -0.25) is 4.79 Å². The fourth-order valence-electron chi connectivity index (χ4n) is 4.51. The lowest BCUT2D eigenvalue weighted by Gasteiger charge is -2.37. The lowest BCUT2D eigenvalue weighted by atomic mass is 9.68. The van der Waals surface area contributed by atoms with E-state index in [1.54, 1.807) is 6.08 Å². The van der Waals surface area contributed by atoms with Gasteiger partial charge in [0.15, 0.2) is 0 Å². The molecule has 1 heterocycles. The largest absolute Gasteiger partial charge is 0.337 e. The highest BCUT2D eigenvalue weighted by Gasteiger charge is 2.31. The van der Waals surface area contributed by atoms with E-state index in [1.807, 2.05) is 62.1 Å². The number of carbonyl (C=O) groups is 1. The highest BCUT2D eigenvalue weighted by molar-refractivity contribution is 7.80. The minimum Gasteiger partial charge on any atom is -0.337 e. The molecule has 1 amide bonds. The molecule has 0 saturated heterocycles. The van der Waals surface area contributed by atoms with Crippen molar-refractivity contribution in [3.05, 3.63) is 102 Å². The fourth-order valence-corrected chi connectivity index (χ4v) is 4.74. The van der Waals surface area contributed by atoms with Gasteiger partial charge in [-0.2, -0.15) is 0 Å². The molecule has 1 N–H and O–H groups in total. The summed E-state index contributed by atoms with van der Waals surface area (Å²) >= 11 is 4.30. The smallest absolute Gasteiger partial charge is 0.248 e. The van der Waals surface area contributed by atoms with Gasteiger partial charge in [0.2, 0.25) is 5.91 Å². The Morgan fingerprint density at radius 1 is 1.26 bits per heavy atom. The summed E-state index contributed by atoms with van der Waals surface area (Å²) in [6.45, 7) is 12.0. The highest BCUT2D eigenvalue weighted by atomic mass is 32.1. The van der Waals surface area contributed by atoms with Crippen molar-refractivity contribution in [1.29, 1.82) is 0 Å². The molecule has 4 nitrogen and oxygen atoms in total. The van der Waals surface area contributed by atoms with Crippen molar-refractivity contribution in [3.8, 4) is 0 Å². The zero-order chi connectivity index (χ0) is 25.4. The van der Waals surface area contributed by atoms with Crippen LogP contribution in [0.5, 0.6) is 0 Å². The van der Waals surface area contributed by atoms with Gasteiger partial charge in [0, 0.05) is 35.6 Å². The summed E-state index contributed by atoms with van der Waals surface area (Å²) in [5.74, 6) is 0.383. The standard InChI is InChI=1S/C30H37N3OS/c1-22(8-6-9-23(2)18-29(34)32-26-10-7-11-27(35)19-26)12-13-28-24(3)25(14-15-30(28,4)5)20-33-17-16-31-21-33/h6-13,16-19,21,25,35H,14-15,20H2,1-5H3,(H,32,34)/b9-6+,13-12+,22-8+,23-18+. The van der Waals surface area contributed by atoms with Gasteiger partial charge in [0.1, 0.15) is 0 Å². The Hall–Kier alpha value is -3.05. The number of amides is 1. The number of hydrogen-bond donors (Lipinski definition) is 2. The van der Waals surface area contributed by atoms with Crippen LogP contribution in [0.1, 0.15) is 47.5 Å². The number of thiol groups is 1. The summed E-state index contributed by atoms with van der Waals surface area (Å²) in [4.78, 5) is 17.2. The number of imidazole rings is 1. The average Bonchev–Trinajstić information content (AvgIpc) is 3.28. The Morgan fingerprint density at radius 3 is 2.77 bits per heavy atom. The number of nitrogens with one attached hydrogen (secondary N) is 1. The van der Waals surface area contributed by atoms with Gasteiger partial charge in [0.05, 0.1) is 6.33 Å². The van der Waals surface area contributed by atoms with Crippen LogP contribution in [0.15, 0.2) is 107 Å². The maximum atomic E-state index is 12.2. The molecule has 1 aliphatic carbocycles. The second-order valence-electron chi connectivity index (χ2n) is 10.0. The summed E-state index contributed by atoms with van der Waals surface area (Å²) in [6, 6.07) is 7.41. The highest BCUT2D eigenvalue weighted by Crippen LogP contribution is 2.44. The summed E-state index contributed by atoms with van der Waals surface area (Å²) in [5.41, 5.74) is 5.86. The van der Waals surface area contributed by atoms with Gasteiger partial charge >= 0.3 is 0 Å². The first-order chi connectivity index (χ1) is 16.6.